The van der Waals surface area contributed by atoms with E-state index in [4.69, 9.17) is 0 Å². The lowest BCUT2D eigenvalue weighted by atomic mass is 10.1. The van der Waals surface area contributed by atoms with E-state index in [-0.39, 0.29) is 0 Å². The molecule has 0 saturated heterocycles. The first-order valence-electron chi connectivity index (χ1n) is 8.76. The molecule has 0 unspecified atom stereocenters. The zero-order chi connectivity index (χ0) is 20.5. The molecule has 0 spiro atoms. The van der Waals surface area contributed by atoms with Crippen LogP contribution in [0.3, 0.4) is 0 Å². The zero-order valence-electron chi connectivity index (χ0n) is 15.2. The Labute approximate surface area is 168 Å². The van der Waals surface area contributed by atoms with Crippen molar-refractivity contribution in [3.63, 3.8) is 0 Å². The van der Waals surface area contributed by atoms with E-state index in [1.54, 1.807) is 24.5 Å². The number of nitrogens with one attached hydrogen (secondary N) is 2. The number of H-pyrrole nitrogens is 2. The van der Waals surface area contributed by atoms with Gasteiger partial charge in [-0.3, -0.25) is 0 Å². The molecule has 0 aliphatic heterocycles. The predicted octanol–water partition coefficient (Wildman–Crippen LogP) is 4.08. The lowest BCUT2D eigenvalue weighted by Crippen LogP contribution is -2.11. The Morgan fingerprint density at radius 3 is 1.55 bits per heavy atom. The number of aromatic amines is 2. The number of rotatable bonds is 6. The summed E-state index contributed by atoms with van der Waals surface area (Å²) in [6, 6.07) is 14.6. The maximum Gasteiger partial charge on any atom is 0.186 e. The van der Waals surface area contributed by atoms with E-state index in [0.717, 1.165) is 32.6 Å². The first-order valence-corrected chi connectivity index (χ1v) is 12.2. The van der Waals surface area contributed by atoms with E-state index >= 15 is 0 Å². The molecule has 0 amide bonds. The molecule has 0 bridgehead atoms. The van der Waals surface area contributed by atoms with Crippen molar-refractivity contribution in [1.29, 1.82) is 0 Å². The monoisotopic (exact) mass is 426 g/mol. The SMILES string of the molecule is O=S(=O)(/C=C/c1ccc2[nH]ccc2c1)CS(=O)(=O)/C=C/c1ccc2[nH]ccc2c1. The fraction of sp³-hybridized carbons (Fsp3) is 0.0476. The second kappa shape index (κ2) is 7.38. The van der Waals surface area contributed by atoms with Crippen LogP contribution in [0.2, 0.25) is 0 Å². The minimum Gasteiger partial charge on any atom is -0.361 e. The van der Waals surface area contributed by atoms with Gasteiger partial charge >= 0.3 is 0 Å². The highest BCUT2D eigenvalue weighted by atomic mass is 32.3. The highest BCUT2D eigenvalue weighted by Gasteiger charge is 2.17. The van der Waals surface area contributed by atoms with Gasteiger partial charge in [0, 0.05) is 34.2 Å². The maximum atomic E-state index is 12.3. The predicted molar refractivity (Wildman–Crippen MR) is 117 cm³/mol. The third-order valence-corrected chi connectivity index (χ3v) is 8.15. The summed E-state index contributed by atoms with van der Waals surface area (Å²) in [6.07, 6.45) is 6.39. The van der Waals surface area contributed by atoms with Gasteiger partial charge in [0.1, 0.15) is 0 Å². The number of fused-ring (bicyclic) bond motifs is 2. The Morgan fingerprint density at radius 2 is 1.10 bits per heavy atom. The van der Waals surface area contributed by atoms with Crippen LogP contribution >= 0.6 is 0 Å². The van der Waals surface area contributed by atoms with Crippen LogP contribution in [-0.4, -0.2) is 31.9 Å². The normalized spacial score (nSPS) is 13.2. The van der Waals surface area contributed by atoms with Crippen LogP contribution in [-0.2, 0) is 19.7 Å². The fourth-order valence-corrected chi connectivity index (χ4v) is 6.21. The second-order valence-corrected chi connectivity index (χ2v) is 10.8. The van der Waals surface area contributed by atoms with Gasteiger partial charge in [-0.2, -0.15) is 0 Å². The van der Waals surface area contributed by atoms with Crippen molar-refractivity contribution in [3.05, 3.63) is 82.9 Å². The van der Waals surface area contributed by atoms with Gasteiger partial charge in [0.15, 0.2) is 24.8 Å². The van der Waals surface area contributed by atoms with Gasteiger partial charge in [-0.05, 0) is 70.4 Å². The van der Waals surface area contributed by atoms with Crippen molar-refractivity contribution in [2.75, 3.05) is 5.08 Å². The minimum absolute atomic E-state index is 0.674. The van der Waals surface area contributed by atoms with Crippen molar-refractivity contribution in [3.8, 4) is 0 Å². The average Bonchev–Trinajstić information content (AvgIpc) is 3.32. The molecular weight excluding hydrogens is 408 g/mol. The molecule has 148 valence electrons. The van der Waals surface area contributed by atoms with Gasteiger partial charge in [-0.15, -0.1) is 0 Å². The molecular formula is C21H18N2O4S2. The summed E-state index contributed by atoms with van der Waals surface area (Å²) < 4.78 is 49.1. The molecule has 2 aromatic heterocycles. The topological polar surface area (TPSA) is 99.9 Å². The lowest BCUT2D eigenvalue weighted by Gasteiger charge is -1.99. The molecule has 2 aromatic carbocycles. The van der Waals surface area contributed by atoms with Gasteiger partial charge in [0.2, 0.25) is 0 Å². The minimum atomic E-state index is -3.94. The van der Waals surface area contributed by atoms with E-state index in [1.807, 2.05) is 36.4 Å². The number of hydrogen-bond acceptors (Lipinski definition) is 4. The molecule has 0 fully saturated rings. The fourth-order valence-electron chi connectivity index (χ4n) is 3.02. The molecule has 0 aliphatic rings. The van der Waals surface area contributed by atoms with Crippen molar-refractivity contribution in [1.82, 2.24) is 9.97 Å². The highest BCUT2D eigenvalue weighted by Crippen LogP contribution is 2.17. The Balaban J connectivity index is 1.49. The average molecular weight is 427 g/mol. The van der Waals surface area contributed by atoms with Crippen LogP contribution in [0, 0.1) is 0 Å². The number of aromatic nitrogens is 2. The molecule has 8 heteroatoms. The Bertz CT molecular complexity index is 1340. The van der Waals surface area contributed by atoms with Crippen LogP contribution in [0.5, 0.6) is 0 Å². The highest BCUT2D eigenvalue weighted by molar-refractivity contribution is 8.10. The third kappa shape index (κ3) is 4.67. The first kappa shape index (κ1) is 19.2. The summed E-state index contributed by atoms with van der Waals surface area (Å²) in [4.78, 5) is 6.11. The van der Waals surface area contributed by atoms with Crippen LogP contribution in [0.1, 0.15) is 11.1 Å². The number of sulfone groups is 2. The summed E-state index contributed by atoms with van der Waals surface area (Å²) in [5.41, 5.74) is 3.23. The van der Waals surface area contributed by atoms with Crippen LogP contribution in [0.25, 0.3) is 34.0 Å². The van der Waals surface area contributed by atoms with E-state index in [0.29, 0.717) is 11.1 Å². The smallest absolute Gasteiger partial charge is 0.186 e. The van der Waals surface area contributed by atoms with Gasteiger partial charge in [-0.25, -0.2) is 16.8 Å². The summed E-state index contributed by atoms with van der Waals surface area (Å²) in [6.45, 7) is 0. The summed E-state index contributed by atoms with van der Waals surface area (Å²) in [5, 5.41) is 2.79. The van der Waals surface area contributed by atoms with Crippen molar-refractivity contribution >= 4 is 53.6 Å². The number of benzene rings is 2. The van der Waals surface area contributed by atoms with E-state index in [1.165, 1.54) is 12.2 Å². The Hall–Kier alpha value is -3.10. The summed E-state index contributed by atoms with van der Waals surface area (Å²) >= 11 is 0. The zero-order valence-corrected chi connectivity index (χ0v) is 16.9. The Morgan fingerprint density at radius 1 is 0.655 bits per heavy atom. The van der Waals surface area contributed by atoms with Gasteiger partial charge in [0.05, 0.1) is 0 Å². The second-order valence-electron chi connectivity index (χ2n) is 6.70. The molecule has 4 rings (SSSR count). The van der Waals surface area contributed by atoms with Crippen molar-refractivity contribution in [2.24, 2.45) is 0 Å². The molecule has 0 atom stereocenters. The summed E-state index contributed by atoms with van der Waals surface area (Å²) in [7, 11) is -7.88. The lowest BCUT2D eigenvalue weighted by molar-refractivity contribution is 0.598. The molecule has 6 nitrogen and oxygen atoms in total. The molecule has 2 N–H and O–H groups in total. The van der Waals surface area contributed by atoms with Crippen LogP contribution < -0.4 is 0 Å². The molecule has 0 saturated carbocycles. The van der Waals surface area contributed by atoms with Gasteiger partial charge < -0.3 is 9.97 Å². The first-order chi connectivity index (χ1) is 13.8. The maximum absolute atomic E-state index is 12.3. The van der Waals surface area contributed by atoms with Crippen molar-refractivity contribution in [2.45, 2.75) is 0 Å². The molecule has 4 aromatic rings. The van der Waals surface area contributed by atoms with E-state index in [2.05, 4.69) is 9.97 Å². The molecule has 2 heterocycles. The van der Waals surface area contributed by atoms with Crippen molar-refractivity contribution < 1.29 is 16.8 Å². The molecule has 0 aliphatic carbocycles. The number of hydrogen-bond donors (Lipinski definition) is 2. The molecule has 0 radical (unpaired) electrons. The standard InChI is InChI=1S/C21H18N2O4S2/c24-28(25,11-7-16-1-3-20-18(13-16)5-9-22-20)15-29(26,27)12-8-17-2-4-21-19(14-17)6-10-23-21/h1-14,22-23H,15H2/b11-7+,12-8+. The summed E-state index contributed by atoms with van der Waals surface area (Å²) in [5.74, 6) is 0. The van der Waals surface area contributed by atoms with E-state index in [9.17, 15) is 16.8 Å². The largest absolute Gasteiger partial charge is 0.361 e. The Kier molecular flexibility index (Phi) is 4.89. The van der Waals surface area contributed by atoms with E-state index < -0.39 is 24.8 Å². The molecule has 29 heavy (non-hydrogen) atoms. The van der Waals surface area contributed by atoms with Gasteiger partial charge in [-0.1, -0.05) is 12.1 Å². The quantitative estimate of drug-likeness (QED) is 0.485. The van der Waals surface area contributed by atoms with Gasteiger partial charge in [0.25, 0.3) is 0 Å². The third-order valence-electron chi connectivity index (χ3n) is 4.42. The van der Waals surface area contributed by atoms with Crippen LogP contribution in [0.15, 0.2) is 71.7 Å². The van der Waals surface area contributed by atoms with Crippen LogP contribution in [0.4, 0.5) is 0 Å².